The Bertz CT molecular complexity index is 806. The minimum atomic E-state index is -0.952. The van der Waals surface area contributed by atoms with Gasteiger partial charge in [-0.1, -0.05) is 0 Å². The Morgan fingerprint density at radius 1 is 1.04 bits per heavy atom. The summed E-state index contributed by atoms with van der Waals surface area (Å²) in [5.41, 5.74) is 0.847. The van der Waals surface area contributed by atoms with Crippen LogP contribution < -0.4 is 5.32 Å². The van der Waals surface area contributed by atoms with E-state index in [0.29, 0.717) is 62.5 Å². The zero-order valence-corrected chi connectivity index (χ0v) is 15.6. The summed E-state index contributed by atoms with van der Waals surface area (Å²) in [5.74, 6) is -2.06. The van der Waals surface area contributed by atoms with Crippen molar-refractivity contribution in [2.24, 2.45) is 0 Å². The zero-order valence-electron chi connectivity index (χ0n) is 15.6. The maximum Gasteiger partial charge on any atom is 0.270 e. The van der Waals surface area contributed by atoms with E-state index in [1.54, 1.807) is 15.5 Å². The molecular weight excluding hydrogens is 372 g/mol. The minimum absolute atomic E-state index is 0.0467. The Balaban J connectivity index is 1.77. The average molecular weight is 397 g/mol. The molecule has 0 unspecified atom stereocenters. The number of aliphatic hydroxyl groups excluding tert-OH is 1. The molecule has 1 fully saturated rings. The molecule has 1 aliphatic heterocycles. The molecule has 0 bridgehead atoms. The second kappa shape index (κ2) is 9.92. The summed E-state index contributed by atoms with van der Waals surface area (Å²) in [6, 6.07) is 3.83. The van der Waals surface area contributed by atoms with Crippen molar-refractivity contribution in [1.29, 1.82) is 0 Å². The van der Waals surface area contributed by atoms with E-state index in [2.05, 4.69) is 5.32 Å². The molecule has 0 saturated carbocycles. The number of aliphatic hydroxyl groups is 1. The quantitative estimate of drug-likeness (QED) is 0.618. The number of hydrogen-bond donors (Lipinski definition) is 2. The summed E-state index contributed by atoms with van der Waals surface area (Å²) in [6.07, 6.45) is 0. The lowest BCUT2D eigenvalue weighted by Gasteiger charge is -2.27. The van der Waals surface area contributed by atoms with Gasteiger partial charge in [-0.15, -0.1) is 0 Å². The topological polar surface area (TPSA) is 76.0 Å². The highest BCUT2D eigenvalue weighted by Crippen LogP contribution is 2.24. The molecular formula is C19H25F2N3O4. The predicted octanol–water partition coefficient (Wildman–Crippen LogP) is 0.990. The third-order valence-corrected chi connectivity index (χ3v) is 4.63. The normalized spacial score (nSPS) is 14.8. The number of carbonyl (C=O) groups is 1. The number of ether oxygens (including phenoxy) is 2. The first-order valence-electron chi connectivity index (χ1n) is 9.36. The Hall–Kier alpha value is -2.07. The van der Waals surface area contributed by atoms with Crippen molar-refractivity contribution < 1.29 is 28.2 Å². The summed E-state index contributed by atoms with van der Waals surface area (Å²) in [7, 11) is 0. The van der Waals surface area contributed by atoms with Crippen LogP contribution in [0.3, 0.4) is 0 Å². The largest absolute Gasteiger partial charge is 0.394 e. The van der Waals surface area contributed by atoms with Gasteiger partial charge in [0.2, 0.25) is 0 Å². The van der Waals surface area contributed by atoms with Gasteiger partial charge in [0.05, 0.1) is 38.6 Å². The molecule has 7 nitrogen and oxygen atoms in total. The van der Waals surface area contributed by atoms with Gasteiger partial charge in [0, 0.05) is 44.2 Å². The fraction of sp³-hybridized carbons (Fsp3) is 0.526. The number of halogens is 2. The number of fused-ring (bicyclic) bond motifs is 1. The van der Waals surface area contributed by atoms with Crippen LogP contribution in [0.1, 0.15) is 10.5 Å². The molecule has 2 N–H and O–H groups in total. The van der Waals surface area contributed by atoms with Crippen LogP contribution in [0.15, 0.2) is 18.2 Å². The van der Waals surface area contributed by atoms with Gasteiger partial charge in [0.15, 0.2) is 11.6 Å². The van der Waals surface area contributed by atoms with E-state index in [1.807, 2.05) is 0 Å². The number of carbonyl (C=O) groups excluding carboxylic acids is 1. The molecule has 1 saturated heterocycles. The molecule has 0 aliphatic carbocycles. The monoisotopic (exact) mass is 397 g/mol. The van der Waals surface area contributed by atoms with Crippen molar-refractivity contribution in [2.45, 2.75) is 6.54 Å². The van der Waals surface area contributed by atoms with Gasteiger partial charge in [-0.05, 0) is 12.1 Å². The number of aromatic nitrogens is 1. The molecule has 9 heteroatoms. The Kier molecular flexibility index (Phi) is 7.32. The molecule has 1 aliphatic rings. The number of hydrogen-bond acceptors (Lipinski definition) is 5. The van der Waals surface area contributed by atoms with Crippen molar-refractivity contribution in [2.75, 3.05) is 59.2 Å². The van der Waals surface area contributed by atoms with Gasteiger partial charge >= 0.3 is 0 Å². The van der Waals surface area contributed by atoms with Gasteiger partial charge in [0.1, 0.15) is 5.69 Å². The fourth-order valence-corrected chi connectivity index (χ4v) is 3.25. The Morgan fingerprint density at radius 3 is 2.43 bits per heavy atom. The predicted molar refractivity (Wildman–Crippen MR) is 99.4 cm³/mol. The zero-order chi connectivity index (χ0) is 19.9. The number of piperazine rings is 1. The highest BCUT2D eigenvalue weighted by molar-refractivity contribution is 5.99. The van der Waals surface area contributed by atoms with E-state index < -0.39 is 11.6 Å². The Labute approximate surface area is 161 Å². The van der Waals surface area contributed by atoms with Gasteiger partial charge in [-0.25, -0.2) is 8.78 Å². The average Bonchev–Trinajstić information content (AvgIpc) is 3.05. The summed E-state index contributed by atoms with van der Waals surface area (Å²) in [4.78, 5) is 14.7. The number of nitrogens with zero attached hydrogens (tertiary/aromatic N) is 2. The maximum atomic E-state index is 13.8. The molecule has 1 aromatic carbocycles. The van der Waals surface area contributed by atoms with Crippen LogP contribution in [-0.4, -0.2) is 79.7 Å². The van der Waals surface area contributed by atoms with Crippen molar-refractivity contribution in [3.8, 4) is 0 Å². The standard InChI is InChI=1S/C19H25F2N3O4/c20-15-11-14-12-18(19(26)23-3-1-22-2-4-23)24(17(14)13-16(15)21)5-7-27-9-10-28-8-6-25/h11-13,22,25H,1-10H2. The third-order valence-electron chi connectivity index (χ3n) is 4.63. The molecule has 154 valence electrons. The van der Waals surface area contributed by atoms with Crippen molar-refractivity contribution in [3.63, 3.8) is 0 Å². The van der Waals surface area contributed by atoms with Gasteiger partial charge in [0.25, 0.3) is 5.91 Å². The van der Waals surface area contributed by atoms with Crippen molar-refractivity contribution in [3.05, 3.63) is 35.5 Å². The first-order chi connectivity index (χ1) is 13.6. The summed E-state index contributed by atoms with van der Waals surface area (Å²) in [6.45, 7) is 4.09. The fourth-order valence-electron chi connectivity index (χ4n) is 3.25. The van der Waals surface area contributed by atoms with Crippen molar-refractivity contribution in [1.82, 2.24) is 14.8 Å². The van der Waals surface area contributed by atoms with E-state index in [9.17, 15) is 13.6 Å². The molecule has 2 heterocycles. The smallest absolute Gasteiger partial charge is 0.270 e. The highest BCUT2D eigenvalue weighted by atomic mass is 19.2. The number of rotatable bonds is 9. The number of benzene rings is 1. The first-order valence-corrected chi connectivity index (χ1v) is 9.36. The van der Waals surface area contributed by atoms with Crippen LogP contribution in [0.25, 0.3) is 10.9 Å². The van der Waals surface area contributed by atoms with Crippen molar-refractivity contribution >= 4 is 16.8 Å². The van der Waals surface area contributed by atoms with Gasteiger partial charge < -0.3 is 29.4 Å². The van der Waals surface area contributed by atoms with Crippen LogP contribution in [-0.2, 0) is 16.0 Å². The number of nitrogens with one attached hydrogen (secondary N) is 1. The van der Waals surface area contributed by atoms with E-state index in [4.69, 9.17) is 14.6 Å². The molecule has 1 amide bonds. The lowest BCUT2D eigenvalue weighted by atomic mass is 10.2. The summed E-state index contributed by atoms with van der Waals surface area (Å²) in [5, 5.41) is 12.3. The van der Waals surface area contributed by atoms with Crippen LogP contribution in [0.2, 0.25) is 0 Å². The molecule has 3 rings (SSSR count). The SMILES string of the molecule is O=C(c1cc2cc(F)c(F)cc2n1CCOCCOCCO)N1CCNCC1. The third kappa shape index (κ3) is 4.85. The maximum absolute atomic E-state index is 13.8. The van der Waals surface area contributed by atoms with E-state index in [-0.39, 0.29) is 25.7 Å². The van der Waals surface area contributed by atoms with Gasteiger partial charge in [-0.2, -0.15) is 0 Å². The molecule has 0 spiro atoms. The first kappa shape index (κ1) is 20.7. The number of amides is 1. The molecule has 0 radical (unpaired) electrons. The minimum Gasteiger partial charge on any atom is -0.394 e. The Morgan fingerprint density at radius 2 is 1.71 bits per heavy atom. The van der Waals surface area contributed by atoms with Crippen LogP contribution in [0, 0.1) is 11.6 Å². The summed E-state index contributed by atoms with van der Waals surface area (Å²) < 4.78 is 39.8. The van der Waals surface area contributed by atoms with E-state index in [1.165, 1.54) is 0 Å². The van der Waals surface area contributed by atoms with E-state index in [0.717, 1.165) is 12.1 Å². The second-order valence-corrected chi connectivity index (χ2v) is 6.50. The molecule has 1 aromatic heterocycles. The van der Waals surface area contributed by atoms with Crippen LogP contribution >= 0.6 is 0 Å². The van der Waals surface area contributed by atoms with E-state index >= 15 is 0 Å². The van der Waals surface area contributed by atoms with Crippen LogP contribution in [0.5, 0.6) is 0 Å². The second-order valence-electron chi connectivity index (χ2n) is 6.50. The molecule has 28 heavy (non-hydrogen) atoms. The summed E-state index contributed by atoms with van der Waals surface area (Å²) >= 11 is 0. The molecule has 0 atom stereocenters. The molecule has 2 aromatic rings. The lowest BCUT2D eigenvalue weighted by molar-refractivity contribution is 0.0309. The highest BCUT2D eigenvalue weighted by Gasteiger charge is 2.23. The lowest BCUT2D eigenvalue weighted by Crippen LogP contribution is -2.46. The van der Waals surface area contributed by atoms with Crippen LogP contribution in [0.4, 0.5) is 8.78 Å². The van der Waals surface area contributed by atoms with Gasteiger partial charge in [-0.3, -0.25) is 4.79 Å².